The molecule has 2 N–H and O–H groups in total. The van der Waals surface area contributed by atoms with Crippen LogP contribution < -0.4 is 15.2 Å². The number of nitrogens with zero attached hydrogens (tertiary/aromatic N) is 3. The molecule has 7 heteroatoms. The summed E-state index contributed by atoms with van der Waals surface area (Å²) in [4.78, 5) is 4.09. The van der Waals surface area contributed by atoms with Crippen molar-refractivity contribution < 1.29 is 9.47 Å². The molecular formula is C14H17BrN4O2. The molecule has 0 atom stereocenters. The van der Waals surface area contributed by atoms with E-state index in [-0.39, 0.29) is 0 Å². The SMILES string of the molecule is CCOc1cc(C=Nn2cc(C)nc2N)cc(Br)c1OC. The van der Waals surface area contributed by atoms with Crippen molar-refractivity contribution in [3.63, 3.8) is 0 Å². The van der Waals surface area contributed by atoms with Crippen LogP contribution in [0.3, 0.4) is 0 Å². The molecule has 6 nitrogen and oxygen atoms in total. The smallest absolute Gasteiger partial charge is 0.221 e. The molecule has 0 fully saturated rings. The van der Waals surface area contributed by atoms with Crippen LogP contribution in [-0.2, 0) is 0 Å². The van der Waals surface area contributed by atoms with Gasteiger partial charge in [0.05, 0.1) is 36.3 Å². The third-order valence-electron chi connectivity index (χ3n) is 2.70. The Labute approximate surface area is 131 Å². The number of aryl methyl sites for hydroxylation is 1. The third kappa shape index (κ3) is 3.55. The summed E-state index contributed by atoms with van der Waals surface area (Å²) in [6.45, 7) is 4.33. The zero-order valence-corrected chi connectivity index (χ0v) is 13.7. The Hall–Kier alpha value is -2.02. The molecular weight excluding hydrogens is 336 g/mol. The minimum absolute atomic E-state index is 0.348. The molecule has 2 rings (SSSR count). The molecule has 0 bridgehead atoms. The molecule has 0 saturated heterocycles. The normalized spacial score (nSPS) is 11.0. The van der Waals surface area contributed by atoms with E-state index in [2.05, 4.69) is 26.0 Å². The maximum absolute atomic E-state index is 5.74. The first kappa shape index (κ1) is 15.4. The van der Waals surface area contributed by atoms with E-state index in [1.165, 1.54) is 4.68 Å². The van der Waals surface area contributed by atoms with Crippen LogP contribution in [0.2, 0.25) is 0 Å². The van der Waals surface area contributed by atoms with Gasteiger partial charge < -0.3 is 15.2 Å². The highest BCUT2D eigenvalue weighted by Crippen LogP contribution is 2.36. The molecule has 1 heterocycles. The van der Waals surface area contributed by atoms with Gasteiger partial charge >= 0.3 is 0 Å². The zero-order chi connectivity index (χ0) is 15.4. The lowest BCUT2D eigenvalue weighted by atomic mass is 10.2. The number of rotatable bonds is 5. The number of halogens is 1. The molecule has 0 spiro atoms. The van der Waals surface area contributed by atoms with Crippen molar-refractivity contribution in [3.05, 3.63) is 34.1 Å². The average Bonchev–Trinajstić information content (AvgIpc) is 2.75. The minimum Gasteiger partial charge on any atom is -0.492 e. The van der Waals surface area contributed by atoms with Crippen LogP contribution in [0.5, 0.6) is 11.5 Å². The van der Waals surface area contributed by atoms with Crippen molar-refractivity contribution in [1.29, 1.82) is 0 Å². The van der Waals surface area contributed by atoms with Crippen LogP contribution in [0.4, 0.5) is 5.95 Å². The lowest BCUT2D eigenvalue weighted by Crippen LogP contribution is -1.99. The van der Waals surface area contributed by atoms with Crippen LogP contribution in [0.1, 0.15) is 18.2 Å². The summed E-state index contributed by atoms with van der Waals surface area (Å²) in [7, 11) is 1.60. The van der Waals surface area contributed by atoms with Gasteiger partial charge in [0.2, 0.25) is 5.95 Å². The molecule has 21 heavy (non-hydrogen) atoms. The van der Waals surface area contributed by atoms with Crippen LogP contribution in [0, 0.1) is 6.92 Å². The number of aromatic nitrogens is 2. The summed E-state index contributed by atoms with van der Waals surface area (Å²) >= 11 is 3.46. The predicted molar refractivity (Wildman–Crippen MR) is 86.2 cm³/mol. The number of nitrogen functional groups attached to an aromatic ring is 1. The Bertz CT molecular complexity index is 667. The fraction of sp³-hybridized carbons (Fsp3) is 0.286. The van der Waals surface area contributed by atoms with Gasteiger partial charge in [0, 0.05) is 0 Å². The maximum atomic E-state index is 5.74. The van der Waals surface area contributed by atoms with E-state index in [0.29, 0.717) is 24.1 Å². The van der Waals surface area contributed by atoms with E-state index >= 15 is 0 Å². The van der Waals surface area contributed by atoms with Gasteiger partial charge in [-0.25, -0.2) is 9.66 Å². The Balaban J connectivity index is 2.34. The summed E-state index contributed by atoms with van der Waals surface area (Å²) < 4.78 is 13.2. The van der Waals surface area contributed by atoms with Crippen LogP contribution in [0.25, 0.3) is 0 Å². The first-order valence-electron chi connectivity index (χ1n) is 6.41. The number of methoxy groups -OCH3 is 1. The Morgan fingerprint density at radius 3 is 2.81 bits per heavy atom. The van der Waals surface area contributed by atoms with E-state index in [9.17, 15) is 0 Å². The van der Waals surface area contributed by atoms with E-state index in [1.807, 2.05) is 26.0 Å². The topological polar surface area (TPSA) is 74.7 Å². The second kappa shape index (κ2) is 6.62. The first-order valence-corrected chi connectivity index (χ1v) is 7.20. The van der Waals surface area contributed by atoms with E-state index in [0.717, 1.165) is 15.7 Å². The molecule has 0 aliphatic rings. The van der Waals surface area contributed by atoms with Gasteiger partial charge in [-0.05, 0) is 47.5 Å². The Morgan fingerprint density at radius 2 is 2.24 bits per heavy atom. The number of benzene rings is 1. The summed E-state index contributed by atoms with van der Waals surface area (Å²) in [6, 6.07) is 3.75. The second-order valence-electron chi connectivity index (χ2n) is 4.30. The molecule has 2 aromatic rings. The quantitative estimate of drug-likeness (QED) is 0.839. The molecule has 1 aromatic carbocycles. The van der Waals surface area contributed by atoms with Gasteiger partial charge in [0.15, 0.2) is 11.5 Å². The molecule has 0 aliphatic heterocycles. The Kier molecular flexibility index (Phi) is 4.85. The number of hydrogen-bond acceptors (Lipinski definition) is 5. The fourth-order valence-electron chi connectivity index (χ4n) is 1.85. The highest BCUT2D eigenvalue weighted by molar-refractivity contribution is 9.10. The third-order valence-corrected chi connectivity index (χ3v) is 3.29. The molecule has 0 unspecified atom stereocenters. The summed E-state index contributed by atoms with van der Waals surface area (Å²) in [5, 5.41) is 4.28. The van der Waals surface area contributed by atoms with Gasteiger partial charge in [0.25, 0.3) is 0 Å². The lowest BCUT2D eigenvalue weighted by molar-refractivity contribution is 0.310. The van der Waals surface area contributed by atoms with Gasteiger partial charge in [-0.1, -0.05) is 0 Å². The lowest BCUT2D eigenvalue weighted by Gasteiger charge is -2.11. The largest absolute Gasteiger partial charge is 0.492 e. The zero-order valence-electron chi connectivity index (χ0n) is 12.1. The van der Waals surface area contributed by atoms with Gasteiger partial charge in [-0.15, -0.1) is 0 Å². The highest BCUT2D eigenvalue weighted by atomic mass is 79.9. The summed E-state index contributed by atoms with van der Waals surface area (Å²) in [6.07, 6.45) is 3.44. The molecule has 0 aliphatic carbocycles. The fourth-order valence-corrected chi connectivity index (χ4v) is 2.47. The number of imidazole rings is 1. The standard InChI is InChI=1S/C14H17BrN4O2/c1-4-21-12-6-10(5-11(15)13(12)20-3)7-17-19-8-9(2)18-14(19)16/h5-8H,4H2,1-3H3,(H2,16,18). The van der Waals surface area contributed by atoms with Crippen LogP contribution >= 0.6 is 15.9 Å². The molecule has 0 saturated carbocycles. The Morgan fingerprint density at radius 1 is 1.48 bits per heavy atom. The van der Waals surface area contributed by atoms with Crippen molar-refractivity contribution >= 4 is 28.1 Å². The van der Waals surface area contributed by atoms with Gasteiger partial charge in [0.1, 0.15) is 0 Å². The number of hydrogen-bond donors (Lipinski definition) is 1. The summed E-state index contributed by atoms with van der Waals surface area (Å²) in [5.74, 6) is 1.67. The van der Waals surface area contributed by atoms with Crippen molar-refractivity contribution in [1.82, 2.24) is 9.66 Å². The van der Waals surface area contributed by atoms with Crippen molar-refractivity contribution in [2.75, 3.05) is 19.5 Å². The van der Waals surface area contributed by atoms with Crippen molar-refractivity contribution in [2.45, 2.75) is 13.8 Å². The van der Waals surface area contributed by atoms with Gasteiger partial charge in [-0.2, -0.15) is 5.10 Å². The van der Waals surface area contributed by atoms with Crippen LogP contribution in [0.15, 0.2) is 27.9 Å². The molecule has 0 amide bonds. The van der Waals surface area contributed by atoms with Crippen LogP contribution in [-0.4, -0.2) is 29.6 Å². The molecule has 112 valence electrons. The number of nitrogens with two attached hydrogens (primary N) is 1. The molecule has 0 radical (unpaired) electrons. The van der Waals surface area contributed by atoms with Crippen molar-refractivity contribution in [3.8, 4) is 11.5 Å². The number of ether oxygens (including phenoxy) is 2. The average molecular weight is 353 g/mol. The maximum Gasteiger partial charge on any atom is 0.221 e. The van der Waals surface area contributed by atoms with E-state index in [1.54, 1.807) is 19.5 Å². The monoisotopic (exact) mass is 352 g/mol. The summed E-state index contributed by atoms with van der Waals surface area (Å²) in [5.41, 5.74) is 7.42. The van der Waals surface area contributed by atoms with Crippen molar-refractivity contribution in [2.24, 2.45) is 5.10 Å². The highest BCUT2D eigenvalue weighted by Gasteiger charge is 2.10. The number of anilines is 1. The minimum atomic E-state index is 0.348. The van der Waals surface area contributed by atoms with Gasteiger partial charge in [-0.3, -0.25) is 0 Å². The first-order chi connectivity index (χ1) is 10.0. The predicted octanol–water partition coefficient (Wildman–Crippen LogP) is 2.83. The second-order valence-corrected chi connectivity index (χ2v) is 5.15. The van der Waals surface area contributed by atoms with E-state index in [4.69, 9.17) is 15.2 Å². The molecule has 1 aromatic heterocycles. The van der Waals surface area contributed by atoms with E-state index < -0.39 is 0 Å².